The van der Waals surface area contributed by atoms with Gasteiger partial charge in [-0.3, -0.25) is 4.79 Å². The summed E-state index contributed by atoms with van der Waals surface area (Å²) < 4.78 is 27.7. The molecule has 0 unspecified atom stereocenters. The maximum absolute atomic E-state index is 12.1. The third kappa shape index (κ3) is 4.08. The highest BCUT2D eigenvalue weighted by atomic mass is 35.5. The van der Waals surface area contributed by atoms with Crippen LogP contribution < -0.4 is 5.32 Å². The Labute approximate surface area is 153 Å². The molecule has 0 bridgehead atoms. The van der Waals surface area contributed by atoms with Crippen molar-refractivity contribution in [3.8, 4) is 0 Å². The van der Waals surface area contributed by atoms with Gasteiger partial charge in [0.1, 0.15) is 5.69 Å². The number of benzene rings is 1. The molecule has 1 aromatic heterocycles. The lowest BCUT2D eigenvalue weighted by atomic mass is 10.2. The summed E-state index contributed by atoms with van der Waals surface area (Å²) in [4.78, 5) is 26.7. The SMILES string of the molecule is O=C(COC(=O)c1[nH]c2ccc(Cl)cc2c1Cl)N[C@H]1CCS(=O)(=O)C1. The molecule has 1 aromatic carbocycles. The Kier molecular flexibility index (Phi) is 4.95. The number of halogens is 2. The van der Waals surface area contributed by atoms with Crippen LogP contribution in [0.15, 0.2) is 18.2 Å². The average Bonchev–Trinajstić information content (AvgIpc) is 3.05. The Hall–Kier alpha value is -1.77. The third-order valence-electron chi connectivity index (χ3n) is 3.83. The molecule has 10 heteroatoms. The van der Waals surface area contributed by atoms with Gasteiger partial charge in [0, 0.05) is 22.0 Å². The van der Waals surface area contributed by atoms with E-state index in [1.165, 1.54) is 0 Å². The fourth-order valence-electron chi connectivity index (χ4n) is 2.65. The van der Waals surface area contributed by atoms with Crippen LogP contribution in [0.4, 0.5) is 0 Å². The van der Waals surface area contributed by atoms with Gasteiger partial charge in [-0.2, -0.15) is 0 Å². The molecule has 1 fully saturated rings. The van der Waals surface area contributed by atoms with Gasteiger partial charge in [0.15, 0.2) is 16.4 Å². The molecule has 2 N–H and O–H groups in total. The molecule has 1 aliphatic rings. The Morgan fingerprint density at radius 3 is 2.76 bits per heavy atom. The predicted molar refractivity (Wildman–Crippen MR) is 93.8 cm³/mol. The van der Waals surface area contributed by atoms with E-state index in [0.717, 1.165) is 0 Å². The second-order valence-corrected chi connectivity index (χ2v) is 8.79. The number of rotatable bonds is 4. The zero-order valence-electron chi connectivity index (χ0n) is 12.8. The van der Waals surface area contributed by atoms with Crippen molar-refractivity contribution in [3.63, 3.8) is 0 Å². The van der Waals surface area contributed by atoms with Crippen LogP contribution in [0.2, 0.25) is 10.0 Å². The molecule has 0 radical (unpaired) electrons. The Morgan fingerprint density at radius 2 is 2.08 bits per heavy atom. The van der Waals surface area contributed by atoms with Gasteiger partial charge in [-0.15, -0.1) is 0 Å². The maximum atomic E-state index is 12.1. The average molecular weight is 405 g/mol. The first-order chi connectivity index (χ1) is 11.7. The van der Waals surface area contributed by atoms with Crippen LogP contribution in [0.25, 0.3) is 10.9 Å². The molecule has 1 saturated heterocycles. The Bertz CT molecular complexity index is 954. The minimum atomic E-state index is -3.10. The lowest BCUT2D eigenvalue weighted by molar-refractivity contribution is -0.124. The molecule has 2 heterocycles. The third-order valence-corrected chi connectivity index (χ3v) is 6.23. The maximum Gasteiger partial charge on any atom is 0.356 e. The molecule has 0 aliphatic carbocycles. The number of sulfone groups is 1. The number of aromatic nitrogens is 1. The van der Waals surface area contributed by atoms with Crippen molar-refractivity contribution in [3.05, 3.63) is 33.9 Å². The van der Waals surface area contributed by atoms with Gasteiger partial charge in [-0.05, 0) is 24.6 Å². The normalized spacial score (nSPS) is 19.0. The van der Waals surface area contributed by atoms with Gasteiger partial charge >= 0.3 is 5.97 Å². The summed E-state index contributed by atoms with van der Waals surface area (Å²) in [6, 6.07) is 4.48. The summed E-state index contributed by atoms with van der Waals surface area (Å²) in [5.74, 6) is -1.40. The highest BCUT2D eigenvalue weighted by Crippen LogP contribution is 2.30. The van der Waals surface area contributed by atoms with Gasteiger partial charge in [0.2, 0.25) is 0 Å². The molecular weight excluding hydrogens is 391 g/mol. The van der Waals surface area contributed by atoms with Crippen molar-refractivity contribution in [1.29, 1.82) is 0 Å². The topological polar surface area (TPSA) is 105 Å². The van der Waals surface area contributed by atoms with E-state index in [-0.39, 0.29) is 22.2 Å². The summed E-state index contributed by atoms with van der Waals surface area (Å²) in [6.45, 7) is -0.526. The summed E-state index contributed by atoms with van der Waals surface area (Å²) in [5.41, 5.74) is 0.636. The second kappa shape index (κ2) is 6.86. The van der Waals surface area contributed by atoms with Crippen LogP contribution in [-0.2, 0) is 19.4 Å². The molecule has 0 spiro atoms. The van der Waals surface area contributed by atoms with Crippen LogP contribution in [0.5, 0.6) is 0 Å². The smallest absolute Gasteiger partial charge is 0.356 e. The Morgan fingerprint density at radius 1 is 1.32 bits per heavy atom. The standard InChI is InChI=1S/C15H14Cl2N2O5S/c16-8-1-2-11-10(5-8)13(17)14(19-11)15(21)24-6-12(20)18-9-3-4-25(22,23)7-9/h1-2,5,9,19H,3-4,6-7H2,(H,18,20)/t9-/m0/s1. The van der Waals surface area contributed by atoms with E-state index in [4.69, 9.17) is 27.9 Å². The van der Waals surface area contributed by atoms with Crippen LogP contribution in [0.3, 0.4) is 0 Å². The number of hydrogen-bond acceptors (Lipinski definition) is 5. The lowest BCUT2D eigenvalue weighted by Gasteiger charge is -2.10. The molecule has 3 rings (SSSR count). The number of carbonyl (C=O) groups excluding carboxylic acids is 2. The molecule has 1 aliphatic heterocycles. The van der Waals surface area contributed by atoms with Gasteiger partial charge in [-0.1, -0.05) is 23.2 Å². The first-order valence-corrected chi connectivity index (χ1v) is 9.96. The van der Waals surface area contributed by atoms with Crippen molar-refractivity contribution in [1.82, 2.24) is 10.3 Å². The number of esters is 1. The van der Waals surface area contributed by atoms with E-state index in [9.17, 15) is 18.0 Å². The van der Waals surface area contributed by atoms with Crippen molar-refractivity contribution in [2.75, 3.05) is 18.1 Å². The number of nitrogens with one attached hydrogen (secondary N) is 2. The van der Waals surface area contributed by atoms with Crippen molar-refractivity contribution in [2.45, 2.75) is 12.5 Å². The lowest BCUT2D eigenvalue weighted by Crippen LogP contribution is -2.38. The van der Waals surface area contributed by atoms with Gasteiger partial charge in [0.05, 0.1) is 16.5 Å². The molecule has 0 saturated carbocycles. The number of carbonyl (C=O) groups is 2. The van der Waals surface area contributed by atoms with Crippen LogP contribution in [0.1, 0.15) is 16.9 Å². The number of amides is 1. The minimum Gasteiger partial charge on any atom is -0.451 e. The van der Waals surface area contributed by atoms with E-state index in [0.29, 0.717) is 22.3 Å². The van der Waals surface area contributed by atoms with Crippen LogP contribution in [-0.4, -0.2) is 49.4 Å². The quantitative estimate of drug-likeness (QED) is 0.757. The van der Waals surface area contributed by atoms with E-state index in [1.807, 2.05) is 0 Å². The first-order valence-electron chi connectivity index (χ1n) is 7.39. The first kappa shape index (κ1) is 18.0. The van der Waals surface area contributed by atoms with E-state index < -0.39 is 34.4 Å². The highest BCUT2D eigenvalue weighted by Gasteiger charge is 2.29. The monoisotopic (exact) mass is 404 g/mol. The highest BCUT2D eigenvalue weighted by molar-refractivity contribution is 7.91. The number of H-pyrrole nitrogens is 1. The van der Waals surface area contributed by atoms with Crippen molar-refractivity contribution < 1.29 is 22.7 Å². The molecule has 25 heavy (non-hydrogen) atoms. The van der Waals surface area contributed by atoms with Crippen molar-refractivity contribution in [2.24, 2.45) is 0 Å². The zero-order chi connectivity index (χ0) is 18.2. The number of aromatic amines is 1. The molecule has 7 nitrogen and oxygen atoms in total. The van der Waals surface area contributed by atoms with Crippen LogP contribution >= 0.6 is 23.2 Å². The Balaban J connectivity index is 1.61. The fraction of sp³-hybridized carbons (Fsp3) is 0.333. The minimum absolute atomic E-state index is 0.0233. The summed E-state index contributed by atoms with van der Waals surface area (Å²) >= 11 is 12.0. The molecule has 1 amide bonds. The molecule has 2 aromatic rings. The van der Waals surface area contributed by atoms with E-state index in [1.54, 1.807) is 18.2 Å². The summed E-state index contributed by atoms with van der Waals surface area (Å²) in [5, 5.41) is 3.73. The number of hydrogen-bond donors (Lipinski definition) is 2. The van der Waals surface area contributed by atoms with Crippen LogP contribution in [0, 0.1) is 0 Å². The van der Waals surface area contributed by atoms with E-state index in [2.05, 4.69) is 10.3 Å². The van der Waals surface area contributed by atoms with E-state index >= 15 is 0 Å². The van der Waals surface area contributed by atoms with Crippen molar-refractivity contribution >= 4 is 55.8 Å². The second-order valence-electron chi connectivity index (χ2n) is 5.75. The van der Waals surface area contributed by atoms with Gasteiger partial charge < -0.3 is 15.0 Å². The largest absolute Gasteiger partial charge is 0.451 e. The molecule has 134 valence electrons. The molecule has 1 atom stereocenters. The summed E-state index contributed by atoms with van der Waals surface area (Å²) in [7, 11) is -3.10. The number of fused-ring (bicyclic) bond motifs is 1. The fourth-order valence-corrected chi connectivity index (χ4v) is 4.78. The predicted octanol–water partition coefficient (Wildman–Crippen LogP) is 1.93. The zero-order valence-corrected chi connectivity index (χ0v) is 15.2. The van der Waals surface area contributed by atoms with Gasteiger partial charge in [0.25, 0.3) is 5.91 Å². The van der Waals surface area contributed by atoms with Gasteiger partial charge in [-0.25, -0.2) is 13.2 Å². The molecular formula is C15H14Cl2N2O5S. The number of ether oxygens (including phenoxy) is 1. The summed E-state index contributed by atoms with van der Waals surface area (Å²) in [6.07, 6.45) is 0.358.